The lowest BCUT2D eigenvalue weighted by Crippen LogP contribution is -2.44. The number of hydrogen-bond donors (Lipinski definition) is 1. The summed E-state index contributed by atoms with van der Waals surface area (Å²) in [4.78, 5) is 23.8. The summed E-state index contributed by atoms with van der Waals surface area (Å²) in [5, 5.41) is 12.1. The highest BCUT2D eigenvalue weighted by Crippen LogP contribution is 2.32. The topological polar surface area (TPSA) is 88.4 Å². The molecule has 1 fully saturated rings. The fourth-order valence-electron chi connectivity index (χ4n) is 3.01. The lowest BCUT2D eigenvalue weighted by atomic mass is 9.93. The van der Waals surface area contributed by atoms with Gasteiger partial charge >= 0.3 is 5.97 Å². The lowest BCUT2D eigenvalue weighted by molar-refractivity contribution is -0.139. The van der Waals surface area contributed by atoms with Gasteiger partial charge in [-0.1, -0.05) is 25.7 Å². The molecule has 0 spiro atoms. The third-order valence-electron chi connectivity index (χ3n) is 4.34. The number of methoxy groups -OCH3 is 1. The second-order valence-corrected chi connectivity index (χ2v) is 5.98. The average molecular weight is 330 g/mol. The molecular weight excluding hydrogens is 308 g/mol. The number of carbonyl (C=O) groups is 2. The van der Waals surface area contributed by atoms with Crippen LogP contribution in [0.5, 0.6) is 5.75 Å². The van der Waals surface area contributed by atoms with Crippen molar-refractivity contribution in [3.63, 3.8) is 0 Å². The molecule has 2 rings (SSSR count). The molecule has 0 radical (unpaired) electrons. The van der Waals surface area contributed by atoms with Crippen LogP contribution in [0, 0.1) is 11.3 Å². The molecule has 128 valence electrons. The molecule has 1 aliphatic carbocycles. The number of nitriles is 1. The number of benzene rings is 1. The third-order valence-corrected chi connectivity index (χ3v) is 4.34. The van der Waals surface area contributed by atoms with Crippen LogP contribution >= 0.6 is 0 Å². The number of ether oxygens (including phenoxy) is 2. The van der Waals surface area contributed by atoms with Crippen molar-refractivity contribution in [2.75, 3.05) is 12.4 Å². The van der Waals surface area contributed by atoms with Gasteiger partial charge in [-0.2, -0.15) is 5.26 Å². The Kier molecular flexibility index (Phi) is 5.93. The molecule has 1 aliphatic rings. The molecule has 0 heterocycles. The summed E-state index contributed by atoms with van der Waals surface area (Å²) in [5.74, 6) is -0.427. The second-order valence-electron chi connectivity index (χ2n) is 5.98. The van der Waals surface area contributed by atoms with Crippen molar-refractivity contribution in [3.8, 4) is 11.8 Å². The van der Waals surface area contributed by atoms with Gasteiger partial charge in [0.2, 0.25) is 0 Å². The number of hydrogen-bond acceptors (Lipinski definition) is 5. The summed E-state index contributed by atoms with van der Waals surface area (Å²) in [7, 11) is 1.56. The predicted molar refractivity (Wildman–Crippen MR) is 88.5 cm³/mol. The van der Waals surface area contributed by atoms with E-state index in [0.29, 0.717) is 18.5 Å². The monoisotopic (exact) mass is 330 g/mol. The van der Waals surface area contributed by atoms with E-state index in [1.165, 1.54) is 13.0 Å². The lowest BCUT2D eigenvalue weighted by Gasteiger charge is -2.30. The first-order chi connectivity index (χ1) is 11.5. The molecule has 1 aromatic rings. The first-order valence-corrected chi connectivity index (χ1v) is 8.10. The second kappa shape index (κ2) is 7.93. The van der Waals surface area contributed by atoms with Gasteiger partial charge in [0.25, 0.3) is 5.91 Å². The third kappa shape index (κ3) is 4.12. The molecule has 0 aliphatic heterocycles. The van der Waals surface area contributed by atoms with Crippen LogP contribution in [0.25, 0.3) is 0 Å². The Morgan fingerprint density at radius 2 is 1.88 bits per heavy atom. The normalized spacial score (nSPS) is 16.5. The Labute approximate surface area is 141 Å². The number of esters is 1. The summed E-state index contributed by atoms with van der Waals surface area (Å²) in [6.45, 7) is 1.29. The summed E-state index contributed by atoms with van der Waals surface area (Å²) in [6, 6.07) is 6.56. The van der Waals surface area contributed by atoms with E-state index >= 15 is 0 Å². The maximum atomic E-state index is 12.8. The van der Waals surface area contributed by atoms with Crippen LogP contribution in [-0.4, -0.2) is 24.6 Å². The summed E-state index contributed by atoms with van der Waals surface area (Å²) < 4.78 is 10.5. The highest BCUT2D eigenvalue weighted by molar-refractivity contribution is 5.98. The van der Waals surface area contributed by atoms with E-state index < -0.39 is 11.6 Å². The van der Waals surface area contributed by atoms with Gasteiger partial charge in [0.05, 0.1) is 11.3 Å². The minimum Gasteiger partial charge on any atom is -0.427 e. The molecule has 0 unspecified atom stereocenters. The number of nitrogens with zero attached hydrogens (tertiary/aromatic N) is 1. The van der Waals surface area contributed by atoms with E-state index in [-0.39, 0.29) is 17.2 Å². The maximum absolute atomic E-state index is 12.8. The Hall–Kier alpha value is -2.39. The summed E-state index contributed by atoms with van der Waals surface area (Å²) in [5.41, 5.74) is -0.223. The molecule has 6 nitrogen and oxygen atoms in total. The van der Waals surface area contributed by atoms with Crippen molar-refractivity contribution in [2.45, 2.75) is 51.0 Å². The maximum Gasteiger partial charge on any atom is 0.308 e. The van der Waals surface area contributed by atoms with Crippen molar-refractivity contribution in [2.24, 2.45) is 0 Å². The Morgan fingerprint density at radius 1 is 1.21 bits per heavy atom. The van der Waals surface area contributed by atoms with Crippen molar-refractivity contribution >= 4 is 17.6 Å². The number of rotatable bonds is 4. The van der Waals surface area contributed by atoms with E-state index in [0.717, 1.165) is 25.7 Å². The van der Waals surface area contributed by atoms with Crippen LogP contribution in [0.3, 0.4) is 0 Å². The largest absolute Gasteiger partial charge is 0.427 e. The molecule has 1 aromatic carbocycles. The van der Waals surface area contributed by atoms with Gasteiger partial charge in [-0.3, -0.25) is 9.59 Å². The zero-order chi connectivity index (χ0) is 17.6. The Bertz CT molecular complexity index is 655. The molecule has 0 bridgehead atoms. The first kappa shape index (κ1) is 18.0. The van der Waals surface area contributed by atoms with E-state index in [4.69, 9.17) is 9.47 Å². The van der Waals surface area contributed by atoms with Gasteiger partial charge < -0.3 is 14.8 Å². The van der Waals surface area contributed by atoms with Gasteiger partial charge in [-0.05, 0) is 25.0 Å². The zero-order valence-electron chi connectivity index (χ0n) is 14.1. The van der Waals surface area contributed by atoms with Crippen molar-refractivity contribution in [1.29, 1.82) is 5.26 Å². The predicted octanol–water partition coefficient (Wildman–Crippen LogP) is 3.16. The fraction of sp³-hybridized carbons (Fsp3) is 0.500. The van der Waals surface area contributed by atoms with Crippen LogP contribution < -0.4 is 10.1 Å². The molecule has 6 heteroatoms. The Balaban J connectivity index is 2.21. The summed E-state index contributed by atoms with van der Waals surface area (Å²) in [6.07, 6.45) is 5.42. The minimum absolute atomic E-state index is 0.233. The highest BCUT2D eigenvalue weighted by atomic mass is 16.5. The average Bonchev–Trinajstić information content (AvgIpc) is 2.82. The van der Waals surface area contributed by atoms with Crippen LogP contribution in [0.2, 0.25) is 0 Å². The fourth-order valence-corrected chi connectivity index (χ4v) is 3.01. The van der Waals surface area contributed by atoms with Gasteiger partial charge in [-0.15, -0.1) is 0 Å². The molecule has 0 atom stereocenters. The number of amides is 1. The van der Waals surface area contributed by atoms with Gasteiger partial charge in [-0.25, -0.2) is 0 Å². The van der Waals surface area contributed by atoms with E-state index in [1.807, 2.05) is 6.07 Å². The van der Waals surface area contributed by atoms with Crippen LogP contribution in [0.15, 0.2) is 18.2 Å². The van der Waals surface area contributed by atoms with Gasteiger partial charge in [0.1, 0.15) is 17.4 Å². The van der Waals surface area contributed by atoms with Crippen LogP contribution in [0.4, 0.5) is 5.69 Å². The zero-order valence-corrected chi connectivity index (χ0v) is 14.1. The van der Waals surface area contributed by atoms with Crippen molar-refractivity contribution < 1.29 is 19.1 Å². The molecule has 1 saturated carbocycles. The van der Waals surface area contributed by atoms with E-state index in [9.17, 15) is 14.9 Å². The molecule has 0 aromatic heterocycles. The number of carbonyl (C=O) groups excluding carboxylic acids is 2. The summed E-state index contributed by atoms with van der Waals surface area (Å²) >= 11 is 0. The SMILES string of the molecule is COC1(C(=O)Nc2ccc(OC(C)=O)cc2C#N)CCCCCC1. The standard InChI is InChI=1S/C18H22N2O4/c1-13(21)24-15-7-8-16(14(11-15)12-19)20-17(22)18(23-2)9-5-3-4-6-10-18/h7-8,11H,3-6,9-10H2,1-2H3,(H,20,22). The van der Waals surface area contributed by atoms with Crippen LogP contribution in [-0.2, 0) is 14.3 Å². The number of nitrogens with one attached hydrogen (secondary N) is 1. The first-order valence-electron chi connectivity index (χ1n) is 8.10. The smallest absolute Gasteiger partial charge is 0.308 e. The molecule has 24 heavy (non-hydrogen) atoms. The van der Waals surface area contributed by atoms with E-state index in [2.05, 4.69) is 5.32 Å². The highest BCUT2D eigenvalue weighted by Gasteiger charge is 2.38. The van der Waals surface area contributed by atoms with Gasteiger partial charge in [0, 0.05) is 20.1 Å². The Morgan fingerprint density at radius 3 is 2.42 bits per heavy atom. The molecule has 0 saturated heterocycles. The van der Waals surface area contributed by atoms with Crippen molar-refractivity contribution in [1.82, 2.24) is 0 Å². The number of anilines is 1. The van der Waals surface area contributed by atoms with Gasteiger partial charge in [0.15, 0.2) is 0 Å². The minimum atomic E-state index is -0.849. The quantitative estimate of drug-likeness (QED) is 0.520. The van der Waals surface area contributed by atoms with Crippen molar-refractivity contribution in [3.05, 3.63) is 23.8 Å². The molecule has 1 amide bonds. The van der Waals surface area contributed by atoms with Crippen LogP contribution in [0.1, 0.15) is 51.0 Å². The van der Waals surface area contributed by atoms with E-state index in [1.54, 1.807) is 19.2 Å². The molecule has 1 N–H and O–H groups in total. The molecular formula is C18H22N2O4.